The van der Waals surface area contributed by atoms with Crippen LogP contribution in [-0.2, 0) is 0 Å². The third-order valence-electron chi connectivity index (χ3n) is 4.58. The smallest absolute Gasteiger partial charge is 0.253 e. The van der Waals surface area contributed by atoms with Gasteiger partial charge in [0.05, 0.1) is 11.4 Å². The maximum Gasteiger partial charge on any atom is 0.253 e. The molecule has 0 aliphatic carbocycles. The Morgan fingerprint density at radius 1 is 1.04 bits per heavy atom. The van der Waals surface area contributed by atoms with Gasteiger partial charge >= 0.3 is 0 Å². The van der Waals surface area contributed by atoms with Crippen molar-refractivity contribution in [2.24, 2.45) is 5.10 Å². The van der Waals surface area contributed by atoms with Gasteiger partial charge in [0.25, 0.3) is 5.91 Å². The van der Waals surface area contributed by atoms with Crippen LogP contribution in [0.5, 0.6) is 0 Å². The Morgan fingerprint density at radius 3 is 2.32 bits per heavy atom. The summed E-state index contributed by atoms with van der Waals surface area (Å²) in [4.78, 5) is 16.7. The van der Waals surface area contributed by atoms with Crippen LogP contribution >= 0.6 is 0 Å². The number of anilines is 2. The largest absolute Gasteiger partial charge is 0.370 e. The molecule has 0 unspecified atom stereocenters. The predicted octanol–water partition coefficient (Wildman–Crippen LogP) is 2.34. The molecule has 1 N–H and O–H groups in total. The van der Waals surface area contributed by atoms with E-state index in [9.17, 15) is 4.79 Å². The second-order valence-corrected chi connectivity index (χ2v) is 6.22. The van der Waals surface area contributed by atoms with Crippen LogP contribution in [0.15, 0.2) is 23.3 Å². The van der Waals surface area contributed by atoms with E-state index in [2.05, 4.69) is 15.4 Å². The molecule has 0 atom stereocenters. The quantitative estimate of drug-likeness (QED) is 0.672. The zero-order chi connectivity index (χ0) is 17.6. The molecule has 1 aromatic carbocycles. The molecule has 128 valence electrons. The normalized spacial score (nSPS) is 16.2. The van der Waals surface area contributed by atoms with Crippen LogP contribution in [0.2, 0.25) is 0 Å². The average Bonchev–Trinajstić information content (AvgIpc) is 3.35. The molecular formula is C18H20N6O. The number of hydrazone groups is 1. The monoisotopic (exact) mass is 336 g/mol. The molecule has 0 aromatic heterocycles. The molecule has 2 aliphatic rings. The van der Waals surface area contributed by atoms with Gasteiger partial charge in [-0.25, -0.2) is 0 Å². The SMILES string of the molecule is N#CC(C#N)=NNc1cc(C(=O)N2CCCC2)ccc1N1CCCC1. The molecule has 1 amide bonds. The number of carbonyl (C=O) groups is 1. The van der Waals surface area contributed by atoms with Crippen LogP contribution in [0.25, 0.3) is 0 Å². The van der Waals surface area contributed by atoms with E-state index >= 15 is 0 Å². The third-order valence-corrected chi connectivity index (χ3v) is 4.58. The lowest BCUT2D eigenvalue weighted by Crippen LogP contribution is -2.28. The first kappa shape index (κ1) is 16.8. The second-order valence-electron chi connectivity index (χ2n) is 6.22. The first-order chi connectivity index (χ1) is 12.2. The molecule has 3 rings (SSSR count). The molecule has 0 saturated carbocycles. The minimum Gasteiger partial charge on any atom is -0.370 e. The van der Waals surface area contributed by atoms with Gasteiger partial charge in [-0.3, -0.25) is 10.2 Å². The number of nitrogens with one attached hydrogen (secondary N) is 1. The average molecular weight is 336 g/mol. The van der Waals surface area contributed by atoms with Crippen LogP contribution in [0.4, 0.5) is 11.4 Å². The van der Waals surface area contributed by atoms with Crippen LogP contribution in [-0.4, -0.2) is 42.7 Å². The Hall–Kier alpha value is -3.06. The summed E-state index contributed by atoms with van der Waals surface area (Å²) in [5.74, 6) is 0.0123. The molecule has 0 radical (unpaired) electrons. The number of amides is 1. The highest BCUT2D eigenvalue weighted by molar-refractivity contribution is 6.10. The fraction of sp³-hybridized carbons (Fsp3) is 0.444. The molecule has 2 heterocycles. The number of benzene rings is 1. The van der Waals surface area contributed by atoms with Crippen molar-refractivity contribution in [2.75, 3.05) is 36.5 Å². The minimum atomic E-state index is -0.247. The Morgan fingerprint density at radius 2 is 1.68 bits per heavy atom. The molecule has 7 nitrogen and oxygen atoms in total. The van der Waals surface area contributed by atoms with Crippen molar-refractivity contribution in [3.05, 3.63) is 23.8 Å². The summed E-state index contributed by atoms with van der Waals surface area (Å²) in [5, 5.41) is 21.6. The van der Waals surface area contributed by atoms with Gasteiger partial charge in [0.15, 0.2) is 0 Å². The molecule has 2 saturated heterocycles. The fourth-order valence-corrected chi connectivity index (χ4v) is 3.29. The van der Waals surface area contributed by atoms with Gasteiger partial charge in [-0.2, -0.15) is 15.6 Å². The van der Waals surface area contributed by atoms with Gasteiger partial charge in [0.2, 0.25) is 5.71 Å². The van der Waals surface area contributed by atoms with Crippen molar-refractivity contribution >= 4 is 23.0 Å². The van der Waals surface area contributed by atoms with E-state index in [1.807, 2.05) is 17.0 Å². The molecule has 0 bridgehead atoms. The van der Waals surface area contributed by atoms with Crippen molar-refractivity contribution in [2.45, 2.75) is 25.7 Å². The van der Waals surface area contributed by atoms with E-state index in [4.69, 9.17) is 10.5 Å². The molecule has 2 fully saturated rings. The zero-order valence-corrected chi connectivity index (χ0v) is 14.0. The standard InChI is InChI=1S/C18H20N6O/c19-12-15(13-20)21-22-16-11-14(18(25)24-9-3-4-10-24)5-6-17(16)23-7-1-2-8-23/h5-6,11,22H,1-4,7-10H2. The number of hydrogen-bond donors (Lipinski definition) is 1. The van der Waals surface area contributed by atoms with Crippen LogP contribution in [0.3, 0.4) is 0 Å². The van der Waals surface area contributed by atoms with E-state index in [1.54, 1.807) is 18.2 Å². The van der Waals surface area contributed by atoms with Crippen molar-refractivity contribution in [1.29, 1.82) is 10.5 Å². The molecule has 0 spiro atoms. The first-order valence-corrected chi connectivity index (χ1v) is 8.55. The van der Waals surface area contributed by atoms with Crippen LogP contribution < -0.4 is 10.3 Å². The number of nitrogens with zero attached hydrogens (tertiary/aromatic N) is 5. The molecule has 2 aliphatic heterocycles. The number of hydrogen-bond acceptors (Lipinski definition) is 6. The summed E-state index contributed by atoms with van der Waals surface area (Å²) in [6.45, 7) is 3.48. The van der Waals surface area contributed by atoms with Gasteiger partial charge in [-0.05, 0) is 43.9 Å². The third kappa shape index (κ3) is 3.72. The molecule has 7 heteroatoms. The van der Waals surface area contributed by atoms with Gasteiger partial charge in [0.1, 0.15) is 12.1 Å². The lowest BCUT2D eigenvalue weighted by Gasteiger charge is -2.22. The Bertz CT molecular complexity index is 745. The number of rotatable bonds is 4. The Kier molecular flexibility index (Phi) is 5.15. The topological polar surface area (TPSA) is 95.5 Å². The van der Waals surface area contributed by atoms with Gasteiger partial charge in [-0.15, -0.1) is 0 Å². The lowest BCUT2D eigenvalue weighted by molar-refractivity contribution is 0.0793. The van der Waals surface area contributed by atoms with Gasteiger partial charge < -0.3 is 9.80 Å². The van der Waals surface area contributed by atoms with Crippen LogP contribution in [0.1, 0.15) is 36.0 Å². The van der Waals surface area contributed by atoms with E-state index in [1.165, 1.54) is 0 Å². The van der Waals surface area contributed by atoms with E-state index in [0.29, 0.717) is 11.3 Å². The zero-order valence-electron chi connectivity index (χ0n) is 14.0. The highest BCUT2D eigenvalue weighted by Crippen LogP contribution is 2.31. The minimum absolute atomic E-state index is 0.0123. The maximum absolute atomic E-state index is 12.6. The first-order valence-electron chi connectivity index (χ1n) is 8.55. The van der Waals surface area contributed by atoms with Crippen molar-refractivity contribution < 1.29 is 4.79 Å². The summed E-state index contributed by atoms with van der Waals surface area (Å²) in [6, 6.07) is 9.00. The van der Waals surface area contributed by atoms with Gasteiger partial charge in [-0.1, -0.05) is 0 Å². The Labute approximate surface area is 147 Å². The summed E-state index contributed by atoms with van der Waals surface area (Å²) < 4.78 is 0. The van der Waals surface area contributed by atoms with E-state index < -0.39 is 0 Å². The van der Waals surface area contributed by atoms with Crippen LogP contribution in [0, 0.1) is 22.7 Å². The van der Waals surface area contributed by atoms with E-state index in [0.717, 1.165) is 57.5 Å². The molecule has 25 heavy (non-hydrogen) atoms. The maximum atomic E-state index is 12.6. The van der Waals surface area contributed by atoms with Gasteiger partial charge in [0, 0.05) is 31.7 Å². The van der Waals surface area contributed by atoms with Crippen molar-refractivity contribution in [1.82, 2.24) is 4.90 Å². The summed E-state index contributed by atoms with van der Waals surface area (Å²) >= 11 is 0. The Balaban J connectivity index is 1.90. The molecular weight excluding hydrogens is 316 g/mol. The highest BCUT2D eigenvalue weighted by Gasteiger charge is 2.22. The van der Waals surface area contributed by atoms with Crippen molar-refractivity contribution in [3.8, 4) is 12.1 Å². The second kappa shape index (κ2) is 7.67. The number of carbonyl (C=O) groups excluding carboxylic acids is 1. The number of likely N-dealkylation sites (tertiary alicyclic amines) is 1. The predicted molar refractivity (Wildman–Crippen MR) is 95.3 cm³/mol. The summed E-state index contributed by atoms with van der Waals surface area (Å²) in [6.07, 6.45) is 4.33. The summed E-state index contributed by atoms with van der Waals surface area (Å²) in [5.41, 5.74) is 4.74. The van der Waals surface area contributed by atoms with E-state index in [-0.39, 0.29) is 11.6 Å². The lowest BCUT2D eigenvalue weighted by atomic mass is 10.1. The number of nitriles is 2. The molecule has 1 aromatic rings. The van der Waals surface area contributed by atoms with Crippen molar-refractivity contribution in [3.63, 3.8) is 0 Å². The summed E-state index contributed by atoms with van der Waals surface area (Å²) in [7, 11) is 0. The highest BCUT2D eigenvalue weighted by atomic mass is 16.2. The fourth-order valence-electron chi connectivity index (χ4n) is 3.29.